The maximum atomic E-state index is 6.47. The number of halogens is 1. The van der Waals surface area contributed by atoms with Crippen molar-refractivity contribution >= 4 is 44.4 Å². The van der Waals surface area contributed by atoms with Crippen LogP contribution in [0.2, 0.25) is 5.02 Å². The van der Waals surface area contributed by atoms with Crippen LogP contribution in [0.15, 0.2) is 47.1 Å². The molecule has 9 nitrogen and oxygen atoms in total. The molecule has 1 N–H and O–H groups in total. The van der Waals surface area contributed by atoms with Gasteiger partial charge in [0.25, 0.3) is 0 Å². The second-order valence-electron chi connectivity index (χ2n) is 11.0. The molecule has 0 saturated carbocycles. The lowest BCUT2D eigenvalue weighted by Gasteiger charge is -2.32. The predicted molar refractivity (Wildman–Crippen MR) is 166 cm³/mol. The van der Waals surface area contributed by atoms with Gasteiger partial charge < -0.3 is 24.0 Å². The van der Waals surface area contributed by atoms with Crippen molar-refractivity contribution in [2.45, 2.75) is 20.3 Å². The van der Waals surface area contributed by atoms with Crippen LogP contribution in [0, 0.1) is 13.8 Å². The summed E-state index contributed by atoms with van der Waals surface area (Å²) in [6.07, 6.45) is 2.58. The molecule has 1 fully saturated rings. The summed E-state index contributed by atoms with van der Waals surface area (Å²) in [5, 5.41) is 7.68. The number of aryl methyl sites for hydroxylation is 2. The Morgan fingerprint density at radius 3 is 2.60 bits per heavy atom. The predicted octanol–water partition coefficient (Wildman–Crippen LogP) is 6.05. The van der Waals surface area contributed by atoms with Crippen molar-refractivity contribution < 1.29 is 9.26 Å². The quantitative estimate of drug-likeness (QED) is 0.254. The highest BCUT2D eigenvalue weighted by molar-refractivity contribution is 6.31. The van der Waals surface area contributed by atoms with Crippen LogP contribution in [0.3, 0.4) is 0 Å². The second-order valence-corrected chi connectivity index (χ2v) is 11.5. The first-order chi connectivity index (χ1) is 20.4. The van der Waals surface area contributed by atoms with E-state index in [-0.39, 0.29) is 0 Å². The lowest BCUT2D eigenvalue weighted by Crippen LogP contribution is -2.45. The van der Waals surface area contributed by atoms with Gasteiger partial charge in [-0.15, -0.1) is 0 Å². The molecular formula is C32H32ClN7O2. The van der Waals surface area contributed by atoms with Crippen LogP contribution in [0.4, 0.5) is 0 Å². The summed E-state index contributed by atoms with van der Waals surface area (Å²) >= 11 is 6.47. The van der Waals surface area contributed by atoms with Gasteiger partial charge in [-0.1, -0.05) is 16.8 Å². The van der Waals surface area contributed by atoms with E-state index in [1.54, 1.807) is 7.11 Å². The topological polar surface area (TPSA) is 96.2 Å². The highest BCUT2D eigenvalue weighted by Crippen LogP contribution is 2.42. The molecule has 4 aromatic heterocycles. The number of aromatic nitrogens is 5. The number of piperazine rings is 1. The number of hydrogen-bond acceptors (Lipinski definition) is 8. The zero-order valence-electron chi connectivity index (χ0n) is 24.2. The number of fused-ring (bicyclic) bond motifs is 4. The summed E-state index contributed by atoms with van der Waals surface area (Å²) in [6, 6.07) is 11.9. The van der Waals surface area contributed by atoms with Crippen molar-refractivity contribution in [3.05, 3.63) is 64.9 Å². The smallest absolute Gasteiger partial charge is 0.142 e. The number of methoxy groups -OCH3 is 1. The summed E-state index contributed by atoms with van der Waals surface area (Å²) in [6.45, 7) is 9.02. The van der Waals surface area contributed by atoms with Crippen LogP contribution in [0.1, 0.15) is 17.3 Å². The Labute approximate surface area is 248 Å². The number of ether oxygens (including phenoxy) is 1. The second kappa shape index (κ2) is 10.7. The maximum absolute atomic E-state index is 6.47. The number of H-pyrrole nitrogens is 1. The number of hydrogen-bond donors (Lipinski definition) is 1. The molecule has 5 heterocycles. The van der Waals surface area contributed by atoms with Crippen molar-refractivity contribution in [3.63, 3.8) is 0 Å². The van der Waals surface area contributed by atoms with Gasteiger partial charge in [-0.05, 0) is 57.3 Å². The summed E-state index contributed by atoms with van der Waals surface area (Å²) in [7, 11) is 3.86. The molecule has 6 aromatic rings. The SMILES string of the molecule is COc1cc2c(cc1-c1c(C)noc1C)[nH]c1nc(CCN3CCN(C)CC3)nc(-c3ccnc4ccc(Cl)cc34)c12. The van der Waals surface area contributed by atoms with E-state index in [0.29, 0.717) is 5.02 Å². The normalized spacial score (nSPS) is 14.9. The van der Waals surface area contributed by atoms with E-state index in [2.05, 4.69) is 44.1 Å². The minimum Gasteiger partial charge on any atom is -0.496 e. The fourth-order valence-corrected chi connectivity index (χ4v) is 6.24. The van der Waals surface area contributed by atoms with Crippen LogP contribution in [0.5, 0.6) is 5.75 Å². The molecule has 0 aliphatic carbocycles. The van der Waals surface area contributed by atoms with Crippen LogP contribution < -0.4 is 4.74 Å². The molecule has 0 atom stereocenters. The van der Waals surface area contributed by atoms with Crippen molar-refractivity contribution in [3.8, 4) is 28.1 Å². The van der Waals surface area contributed by atoms with Crippen molar-refractivity contribution in [2.75, 3.05) is 46.9 Å². The van der Waals surface area contributed by atoms with Gasteiger partial charge in [-0.3, -0.25) is 4.98 Å². The van der Waals surface area contributed by atoms with Gasteiger partial charge in [0.1, 0.15) is 23.0 Å². The molecule has 42 heavy (non-hydrogen) atoms. The minimum atomic E-state index is 0.655. The van der Waals surface area contributed by atoms with Crippen molar-refractivity contribution in [1.82, 2.24) is 34.9 Å². The van der Waals surface area contributed by atoms with E-state index < -0.39 is 0 Å². The van der Waals surface area contributed by atoms with Gasteiger partial charge in [0.15, 0.2) is 0 Å². The standard InChI is InChI=1S/C32H32ClN7O2/c1-18-29(19(2)42-38-18)24-16-26-23(17-27(24)41-4)30-31(21-7-9-34-25-6-5-20(33)15-22(21)25)36-28(37-32(30)35-26)8-10-40-13-11-39(3)12-14-40/h5-7,9,15-17H,8,10-14H2,1-4H3,(H,35,36,37). The number of rotatable bonds is 6. The zero-order chi connectivity index (χ0) is 29.0. The fraction of sp³-hybridized carbons (Fsp3) is 0.312. The molecule has 7 rings (SSSR count). The first-order valence-electron chi connectivity index (χ1n) is 14.2. The van der Waals surface area contributed by atoms with Crippen LogP contribution in [-0.2, 0) is 6.42 Å². The summed E-state index contributed by atoms with van der Waals surface area (Å²) in [4.78, 5) is 23.3. The molecule has 1 aliphatic rings. The van der Waals surface area contributed by atoms with Crippen molar-refractivity contribution in [1.29, 1.82) is 0 Å². The molecule has 0 radical (unpaired) electrons. The molecule has 0 bridgehead atoms. The molecular weight excluding hydrogens is 550 g/mol. The summed E-state index contributed by atoms with van der Waals surface area (Å²) in [5.74, 6) is 2.27. The molecule has 214 valence electrons. The third-order valence-electron chi connectivity index (χ3n) is 8.33. The molecule has 1 saturated heterocycles. The first kappa shape index (κ1) is 26.8. The van der Waals surface area contributed by atoms with E-state index in [1.807, 2.05) is 44.3 Å². The molecule has 2 aromatic carbocycles. The monoisotopic (exact) mass is 581 g/mol. The van der Waals surface area contributed by atoms with Crippen LogP contribution in [0.25, 0.3) is 55.2 Å². The van der Waals surface area contributed by atoms with Crippen LogP contribution >= 0.6 is 11.6 Å². The van der Waals surface area contributed by atoms with E-state index in [4.69, 9.17) is 30.8 Å². The van der Waals surface area contributed by atoms with Crippen LogP contribution in [-0.4, -0.2) is 81.8 Å². The number of benzene rings is 2. The molecule has 0 unspecified atom stereocenters. The third-order valence-corrected chi connectivity index (χ3v) is 8.56. The van der Waals surface area contributed by atoms with E-state index in [1.165, 1.54) is 0 Å². The molecule has 0 spiro atoms. The Bertz CT molecular complexity index is 1940. The third kappa shape index (κ3) is 4.67. The number of nitrogens with one attached hydrogen (secondary N) is 1. The zero-order valence-corrected chi connectivity index (χ0v) is 24.9. The fourth-order valence-electron chi connectivity index (χ4n) is 6.06. The Morgan fingerprint density at radius 2 is 1.83 bits per heavy atom. The lowest BCUT2D eigenvalue weighted by molar-refractivity contribution is 0.155. The van der Waals surface area contributed by atoms with Gasteiger partial charge in [0.2, 0.25) is 0 Å². The Balaban J connectivity index is 1.44. The van der Waals surface area contributed by atoms with Gasteiger partial charge in [-0.2, -0.15) is 0 Å². The van der Waals surface area contributed by atoms with Gasteiger partial charge in [0.05, 0.1) is 35.0 Å². The number of nitrogens with zero attached hydrogens (tertiary/aromatic N) is 6. The lowest BCUT2D eigenvalue weighted by atomic mass is 9.99. The number of aromatic amines is 1. The largest absolute Gasteiger partial charge is 0.496 e. The molecule has 0 amide bonds. The Hall–Kier alpha value is -4.05. The molecule has 10 heteroatoms. The first-order valence-corrected chi connectivity index (χ1v) is 14.6. The van der Waals surface area contributed by atoms with E-state index in [9.17, 15) is 0 Å². The van der Waals surface area contributed by atoms with E-state index >= 15 is 0 Å². The highest BCUT2D eigenvalue weighted by atomic mass is 35.5. The summed E-state index contributed by atoms with van der Waals surface area (Å²) in [5.41, 5.74) is 7.05. The minimum absolute atomic E-state index is 0.655. The van der Waals surface area contributed by atoms with E-state index in [0.717, 1.165) is 117 Å². The number of pyridine rings is 1. The average molecular weight is 582 g/mol. The van der Waals surface area contributed by atoms with Gasteiger partial charge >= 0.3 is 0 Å². The Morgan fingerprint density at radius 1 is 1.00 bits per heavy atom. The highest BCUT2D eigenvalue weighted by Gasteiger charge is 2.23. The number of likely N-dealkylation sites (N-methyl/N-ethyl adjacent to an activating group) is 1. The van der Waals surface area contributed by atoms with Gasteiger partial charge in [0, 0.05) is 77.8 Å². The molecule has 1 aliphatic heterocycles. The van der Waals surface area contributed by atoms with Crippen molar-refractivity contribution in [2.24, 2.45) is 0 Å². The van der Waals surface area contributed by atoms with Gasteiger partial charge in [-0.25, -0.2) is 9.97 Å². The Kier molecular flexibility index (Phi) is 6.80. The average Bonchev–Trinajstić information content (AvgIpc) is 3.53. The maximum Gasteiger partial charge on any atom is 0.142 e. The summed E-state index contributed by atoms with van der Waals surface area (Å²) < 4.78 is 11.4.